The van der Waals surface area contributed by atoms with Crippen molar-refractivity contribution in [2.75, 3.05) is 5.73 Å². The van der Waals surface area contributed by atoms with E-state index in [1.165, 1.54) is 12.2 Å². The molecular formula is C14H14N4O2. The number of nitrogen functional groups attached to an aromatic ring is 1. The zero-order valence-electron chi connectivity index (χ0n) is 11.0. The van der Waals surface area contributed by atoms with Gasteiger partial charge in [-0.25, -0.2) is 4.98 Å². The van der Waals surface area contributed by atoms with Gasteiger partial charge in [-0.05, 0) is 31.2 Å². The van der Waals surface area contributed by atoms with Gasteiger partial charge in [-0.2, -0.15) is 0 Å². The zero-order valence-corrected chi connectivity index (χ0v) is 11.0. The minimum atomic E-state index is -0.445. The lowest BCUT2D eigenvalue weighted by Gasteiger charge is -2.04. The van der Waals surface area contributed by atoms with Crippen LogP contribution in [0.4, 0.5) is 5.82 Å². The van der Waals surface area contributed by atoms with E-state index in [2.05, 4.69) is 11.6 Å². The molecule has 102 valence electrons. The third-order valence-electron chi connectivity index (χ3n) is 2.91. The zero-order chi connectivity index (χ0) is 14.7. The van der Waals surface area contributed by atoms with Crippen molar-refractivity contribution >= 4 is 22.4 Å². The summed E-state index contributed by atoms with van der Waals surface area (Å²) in [6.45, 7) is 5.52. The number of pyridine rings is 1. The monoisotopic (exact) mass is 270 g/mol. The number of nitro groups is 1. The van der Waals surface area contributed by atoms with Gasteiger partial charge in [-0.1, -0.05) is 6.58 Å². The average Bonchev–Trinajstić information content (AvgIpc) is 2.84. The highest BCUT2D eigenvalue weighted by Gasteiger charge is 2.07. The molecule has 0 bridgehead atoms. The van der Waals surface area contributed by atoms with Crippen molar-refractivity contribution in [3.63, 3.8) is 0 Å². The predicted octanol–water partition coefficient (Wildman–Crippen LogP) is 2.83. The van der Waals surface area contributed by atoms with Crippen molar-refractivity contribution in [2.45, 2.75) is 6.92 Å². The molecule has 0 saturated heterocycles. The largest absolute Gasteiger partial charge is 0.383 e. The number of nitrogens with zero attached hydrogens (tertiary/aromatic N) is 3. The Morgan fingerprint density at radius 1 is 1.50 bits per heavy atom. The summed E-state index contributed by atoms with van der Waals surface area (Å²) in [5.74, 6) is 0.442. The summed E-state index contributed by atoms with van der Waals surface area (Å²) in [6, 6.07) is 3.65. The fourth-order valence-corrected chi connectivity index (χ4v) is 1.86. The topological polar surface area (TPSA) is 87.0 Å². The second-order valence-corrected chi connectivity index (χ2v) is 4.11. The number of hydrogen-bond donors (Lipinski definition) is 1. The number of hydrogen-bond acceptors (Lipinski definition) is 4. The molecule has 0 aliphatic rings. The lowest BCUT2D eigenvalue weighted by molar-refractivity contribution is -0.419. The quantitative estimate of drug-likeness (QED) is 0.525. The predicted molar refractivity (Wildman–Crippen MR) is 79.4 cm³/mol. The van der Waals surface area contributed by atoms with E-state index in [-0.39, 0.29) is 5.70 Å². The first kappa shape index (κ1) is 13.5. The van der Waals surface area contributed by atoms with E-state index in [0.29, 0.717) is 11.5 Å². The van der Waals surface area contributed by atoms with Crippen molar-refractivity contribution in [1.29, 1.82) is 0 Å². The van der Waals surface area contributed by atoms with Crippen LogP contribution in [0.15, 0.2) is 55.0 Å². The van der Waals surface area contributed by atoms with Crippen molar-refractivity contribution in [2.24, 2.45) is 0 Å². The van der Waals surface area contributed by atoms with Crippen LogP contribution in [-0.2, 0) is 0 Å². The Kier molecular flexibility index (Phi) is 3.65. The fraction of sp³-hybridized carbons (Fsp3) is 0.0714. The van der Waals surface area contributed by atoms with Crippen LogP contribution < -0.4 is 5.73 Å². The number of aromatic nitrogens is 2. The molecule has 0 amide bonds. The molecule has 6 nitrogen and oxygen atoms in total. The molecule has 0 radical (unpaired) electrons. The molecule has 2 heterocycles. The maximum absolute atomic E-state index is 10.7. The van der Waals surface area contributed by atoms with E-state index in [1.54, 1.807) is 30.0 Å². The third kappa shape index (κ3) is 2.44. The molecule has 0 spiro atoms. The van der Waals surface area contributed by atoms with Gasteiger partial charge in [0.1, 0.15) is 5.82 Å². The molecule has 2 aromatic heterocycles. The van der Waals surface area contributed by atoms with Gasteiger partial charge in [0.25, 0.3) is 5.70 Å². The third-order valence-corrected chi connectivity index (χ3v) is 2.91. The van der Waals surface area contributed by atoms with Gasteiger partial charge >= 0.3 is 0 Å². The summed E-state index contributed by atoms with van der Waals surface area (Å²) in [6.07, 6.45) is 7.85. The molecule has 0 fully saturated rings. The van der Waals surface area contributed by atoms with Crippen molar-refractivity contribution in [3.8, 4) is 0 Å². The second-order valence-electron chi connectivity index (χ2n) is 4.11. The summed E-state index contributed by atoms with van der Waals surface area (Å²) in [5, 5.41) is 11.5. The van der Waals surface area contributed by atoms with Gasteiger partial charge in [0, 0.05) is 29.6 Å². The molecule has 2 N–H and O–H groups in total. The van der Waals surface area contributed by atoms with Gasteiger partial charge in [0.2, 0.25) is 0 Å². The van der Waals surface area contributed by atoms with E-state index in [9.17, 15) is 10.1 Å². The normalized spacial score (nSPS) is 12.2. The van der Waals surface area contributed by atoms with E-state index in [1.807, 2.05) is 12.1 Å². The van der Waals surface area contributed by atoms with E-state index < -0.39 is 4.92 Å². The number of anilines is 1. The van der Waals surface area contributed by atoms with Crippen molar-refractivity contribution in [1.82, 2.24) is 9.55 Å². The Morgan fingerprint density at radius 2 is 2.25 bits per heavy atom. The summed E-state index contributed by atoms with van der Waals surface area (Å²) in [7, 11) is 0. The summed E-state index contributed by atoms with van der Waals surface area (Å²) >= 11 is 0. The van der Waals surface area contributed by atoms with Crippen molar-refractivity contribution in [3.05, 3.63) is 65.1 Å². The number of rotatable bonds is 4. The highest BCUT2D eigenvalue weighted by Crippen LogP contribution is 2.23. The fourth-order valence-electron chi connectivity index (χ4n) is 1.86. The molecule has 0 atom stereocenters. The highest BCUT2D eigenvalue weighted by atomic mass is 16.6. The van der Waals surface area contributed by atoms with E-state index >= 15 is 0 Å². The van der Waals surface area contributed by atoms with Gasteiger partial charge in [0.05, 0.1) is 10.4 Å². The summed E-state index contributed by atoms with van der Waals surface area (Å²) in [4.78, 5) is 14.3. The minimum absolute atomic E-state index is 0.0174. The first-order valence-electron chi connectivity index (χ1n) is 5.94. The lowest BCUT2D eigenvalue weighted by atomic mass is 10.3. The Bertz CT molecular complexity index is 741. The molecule has 0 unspecified atom stereocenters. The molecule has 0 aliphatic heterocycles. The van der Waals surface area contributed by atoms with Crippen LogP contribution in [-0.4, -0.2) is 14.5 Å². The SMILES string of the molecule is C=C(/C=C\C(=C/C)[N+](=O)[O-])n1ccc2c(N)nccc21. The lowest BCUT2D eigenvalue weighted by Crippen LogP contribution is -1.96. The van der Waals surface area contributed by atoms with Crippen LogP contribution in [0.5, 0.6) is 0 Å². The van der Waals surface area contributed by atoms with E-state index in [4.69, 9.17) is 5.73 Å². The molecule has 0 aliphatic carbocycles. The Morgan fingerprint density at radius 3 is 2.90 bits per heavy atom. The molecule has 2 rings (SSSR count). The maximum atomic E-state index is 10.7. The van der Waals surface area contributed by atoms with Crippen LogP contribution in [0.1, 0.15) is 6.92 Å². The number of allylic oxidation sites excluding steroid dienone is 4. The van der Waals surface area contributed by atoms with Gasteiger partial charge in [-0.3, -0.25) is 10.1 Å². The Balaban J connectivity index is 2.36. The van der Waals surface area contributed by atoms with Crippen LogP contribution in [0, 0.1) is 10.1 Å². The van der Waals surface area contributed by atoms with Crippen LogP contribution in [0.25, 0.3) is 16.6 Å². The van der Waals surface area contributed by atoms with E-state index in [0.717, 1.165) is 10.9 Å². The Hall–Kier alpha value is -2.89. The average molecular weight is 270 g/mol. The molecule has 6 heteroatoms. The molecule has 2 aromatic rings. The highest BCUT2D eigenvalue weighted by molar-refractivity contribution is 5.91. The molecule has 0 saturated carbocycles. The minimum Gasteiger partial charge on any atom is -0.383 e. The van der Waals surface area contributed by atoms with Crippen LogP contribution in [0.3, 0.4) is 0 Å². The summed E-state index contributed by atoms with van der Waals surface area (Å²) in [5.41, 5.74) is 7.26. The van der Waals surface area contributed by atoms with Crippen LogP contribution >= 0.6 is 0 Å². The molecule has 0 aromatic carbocycles. The standard InChI is InChI=1S/C14H14N4O2/c1-3-11(18(19)20)5-4-10(2)17-9-7-12-13(17)6-8-16-14(12)15/h3-9H,2H2,1H3,(H2,15,16)/b5-4-,11-3+. The van der Waals surface area contributed by atoms with Crippen molar-refractivity contribution < 1.29 is 4.92 Å². The Labute approximate surface area is 115 Å². The first-order valence-corrected chi connectivity index (χ1v) is 5.94. The number of nitrogens with two attached hydrogens (primary N) is 1. The smallest absolute Gasteiger partial charge is 0.265 e. The molecule has 20 heavy (non-hydrogen) atoms. The first-order chi connectivity index (χ1) is 9.54. The summed E-state index contributed by atoms with van der Waals surface area (Å²) < 4.78 is 1.80. The second kappa shape index (κ2) is 5.40. The number of fused-ring (bicyclic) bond motifs is 1. The van der Waals surface area contributed by atoms with Crippen LogP contribution in [0.2, 0.25) is 0 Å². The molecular weight excluding hydrogens is 256 g/mol. The van der Waals surface area contributed by atoms with Gasteiger partial charge in [-0.15, -0.1) is 0 Å². The van der Waals surface area contributed by atoms with Gasteiger partial charge < -0.3 is 10.3 Å². The van der Waals surface area contributed by atoms with Gasteiger partial charge in [0.15, 0.2) is 0 Å². The maximum Gasteiger partial charge on any atom is 0.265 e.